The van der Waals surface area contributed by atoms with Crippen molar-refractivity contribution in [3.05, 3.63) is 53.9 Å². The summed E-state index contributed by atoms with van der Waals surface area (Å²) in [5.41, 5.74) is 1.94. The number of rotatable bonds is 8. The SMILES string of the molecule is COc1ccc(OCc2ccccn2)c(CNCC2CCCC2O)c1. The maximum atomic E-state index is 9.94. The molecule has 1 heterocycles. The number of pyridine rings is 1. The summed E-state index contributed by atoms with van der Waals surface area (Å²) in [5.74, 6) is 1.98. The van der Waals surface area contributed by atoms with Gasteiger partial charge < -0.3 is 19.9 Å². The fourth-order valence-electron chi connectivity index (χ4n) is 3.24. The van der Waals surface area contributed by atoms with E-state index >= 15 is 0 Å². The fourth-order valence-corrected chi connectivity index (χ4v) is 3.24. The first-order chi connectivity index (χ1) is 12.3. The second kappa shape index (κ2) is 8.83. The summed E-state index contributed by atoms with van der Waals surface area (Å²) < 4.78 is 11.3. The normalized spacial score (nSPS) is 19.8. The van der Waals surface area contributed by atoms with E-state index in [-0.39, 0.29) is 6.10 Å². The molecule has 1 aromatic heterocycles. The van der Waals surface area contributed by atoms with Gasteiger partial charge in [-0.25, -0.2) is 0 Å². The molecule has 134 valence electrons. The number of aliphatic hydroxyl groups is 1. The minimum absolute atomic E-state index is 0.169. The number of nitrogens with one attached hydrogen (secondary N) is 1. The molecule has 2 unspecified atom stereocenters. The molecule has 0 saturated heterocycles. The van der Waals surface area contributed by atoms with Gasteiger partial charge in [0.1, 0.15) is 18.1 Å². The van der Waals surface area contributed by atoms with Crippen LogP contribution in [0.5, 0.6) is 11.5 Å². The highest BCUT2D eigenvalue weighted by Gasteiger charge is 2.24. The largest absolute Gasteiger partial charge is 0.497 e. The molecule has 1 aliphatic rings. The Morgan fingerprint density at radius 3 is 2.88 bits per heavy atom. The lowest BCUT2D eigenvalue weighted by Crippen LogP contribution is -2.27. The molecule has 5 heteroatoms. The van der Waals surface area contributed by atoms with Crippen molar-refractivity contribution < 1.29 is 14.6 Å². The fraction of sp³-hybridized carbons (Fsp3) is 0.450. The van der Waals surface area contributed by atoms with Crippen LogP contribution in [0, 0.1) is 5.92 Å². The van der Waals surface area contributed by atoms with Gasteiger partial charge in [0.25, 0.3) is 0 Å². The van der Waals surface area contributed by atoms with Crippen LogP contribution in [0.4, 0.5) is 0 Å². The average Bonchev–Trinajstić information content (AvgIpc) is 3.06. The van der Waals surface area contributed by atoms with E-state index in [1.54, 1.807) is 13.3 Å². The molecule has 0 aliphatic heterocycles. The van der Waals surface area contributed by atoms with E-state index in [0.717, 1.165) is 48.6 Å². The highest BCUT2D eigenvalue weighted by Crippen LogP contribution is 2.27. The maximum absolute atomic E-state index is 9.94. The van der Waals surface area contributed by atoms with Crippen molar-refractivity contribution in [1.29, 1.82) is 0 Å². The Morgan fingerprint density at radius 2 is 2.16 bits per heavy atom. The van der Waals surface area contributed by atoms with Crippen LogP contribution in [0.2, 0.25) is 0 Å². The summed E-state index contributed by atoms with van der Waals surface area (Å²) in [6.07, 6.45) is 4.73. The van der Waals surface area contributed by atoms with Gasteiger partial charge in [-0.15, -0.1) is 0 Å². The van der Waals surface area contributed by atoms with Crippen LogP contribution in [0.25, 0.3) is 0 Å². The number of methoxy groups -OCH3 is 1. The maximum Gasteiger partial charge on any atom is 0.130 e. The van der Waals surface area contributed by atoms with E-state index < -0.39 is 0 Å². The highest BCUT2D eigenvalue weighted by atomic mass is 16.5. The zero-order chi connectivity index (χ0) is 17.5. The van der Waals surface area contributed by atoms with Gasteiger partial charge in [-0.05, 0) is 49.1 Å². The zero-order valence-electron chi connectivity index (χ0n) is 14.6. The van der Waals surface area contributed by atoms with Crippen LogP contribution in [0.15, 0.2) is 42.6 Å². The van der Waals surface area contributed by atoms with E-state index in [2.05, 4.69) is 10.3 Å². The molecule has 1 aliphatic carbocycles. The predicted molar refractivity (Wildman–Crippen MR) is 96.6 cm³/mol. The third kappa shape index (κ3) is 4.94. The third-order valence-corrected chi connectivity index (χ3v) is 4.71. The average molecular weight is 342 g/mol. The number of ether oxygens (including phenoxy) is 2. The summed E-state index contributed by atoms with van der Waals surface area (Å²) in [6, 6.07) is 11.6. The van der Waals surface area contributed by atoms with Crippen molar-refractivity contribution in [2.75, 3.05) is 13.7 Å². The van der Waals surface area contributed by atoms with Gasteiger partial charge in [-0.2, -0.15) is 0 Å². The van der Waals surface area contributed by atoms with E-state index in [1.165, 1.54) is 0 Å². The van der Waals surface area contributed by atoms with Gasteiger partial charge in [-0.3, -0.25) is 4.98 Å². The molecule has 1 saturated carbocycles. The minimum atomic E-state index is -0.169. The molecule has 0 bridgehead atoms. The summed E-state index contributed by atoms with van der Waals surface area (Å²) in [4.78, 5) is 4.29. The molecular weight excluding hydrogens is 316 g/mol. The van der Waals surface area contributed by atoms with Crippen molar-refractivity contribution in [2.45, 2.75) is 38.5 Å². The second-order valence-electron chi connectivity index (χ2n) is 6.47. The molecule has 2 aromatic rings. The number of aliphatic hydroxyl groups excluding tert-OH is 1. The quantitative estimate of drug-likeness (QED) is 0.772. The molecule has 1 aromatic carbocycles. The lowest BCUT2D eigenvalue weighted by atomic mass is 10.1. The predicted octanol–water partition coefficient (Wildman–Crippen LogP) is 2.92. The zero-order valence-corrected chi connectivity index (χ0v) is 14.6. The summed E-state index contributed by atoms with van der Waals surface area (Å²) in [7, 11) is 1.66. The molecular formula is C20H26N2O3. The Labute approximate surface area is 149 Å². The van der Waals surface area contributed by atoms with E-state index in [0.29, 0.717) is 19.1 Å². The van der Waals surface area contributed by atoms with Crippen LogP contribution in [0.1, 0.15) is 30.5 Å². The Hall–Kier alpha value is -2.11. The topological polar surface area (TPSA) is 63.6 Å². The number of hydrogen-bond acceptors (Lipinski definition) is 5. The van der Waals surface area contributed by atoms with Crippen molar-refractivity contribution >= 4 is 0 Å². The first kappa shape index (κ1) is 17.7. The highest BCUT2D eigenvalue weighted by molar-refractivity contribution is 5.40. The van der Waals surface area contributed by atoms with Crippen LogP contribution in [-0.4, -0.2) is 29.8 Å². The van der Waals surface area contributed by atoms with Gasteiger partial charge >= 0.3 is 0 Å². The van der Waals surface area contributed by atoms with Gasteiger partial charge in [0.2, 0.25) is 0 Å². The van der Waals surface area contributed by atoms with Gasteiger partial charge in [0, 0.05) is 24.8 Å². The van der Waals surface area contributed by atoms with Gasteiger partial charge in [0.05, 0.1) is 18.9 Å². The lowest BCUT2D eigenvalue weighted by molar-refractivity contribution is 0.131. The Kier molecular flexibility index (Phi) is 6.25. The van der Waals surface area contributed by atoms with Crippen LogP contribution in [-0.2, 0) is 13.2 Å². The van der Waals surface area contributed by atoms with Gasteiger partial charge in [-0.1, -0.05) is 12.5 Å². The van der Waals surface area contributed by atoms with Gasteiger partial charge in [0.15, 0.2) is 0 Å². The Morgan fingerprint density at radius 1 is 1.24 bits per heavy atom. The van der Waals surface area contributed by atoms with Crippen molar-refractivity contribution in [1.82, 2.24) is 10.3 Å². The van der Waals surface area contributed by atoms with E-state index in [9.17, 15) is 5.11 Å². The van der Waals surface area contributed by atoms with Crippen molar-refractivity contribution in [2.24, 2.45) is 5.92 Å². The van der Waals surface area contributed by atoms with Crippen molar-refractivity contribution in [3.8, 4) is 11.5 Å². The molecule has 3 rings (SSSR count). The third-order valence-electron chi connectivity index (χ3n) is 4.71. The van der Waals surface area contributed by atoms with Crippen molar-refractivity contribution in [3.63, 3.8) is 0 Å². The van der Waals surface area contributed by atoms with Crippen LogP contribution < -0.4 is 14.8 Å². The molecule has 2 atom stereocenters. The van der Waals surface area contributed by atoms with E-state index in [1.807, 2.05) is 36.4 Å². The van der Waals surface area contributed by atoms with Crippen LogP contribution >= 0.6 is 0 Å². The lowest BCUT2D eigenvalue weighted by Gasteiger charge is -2.17. The number of aromatic nitrogens is 1. The summed E-state index contributed by atoms with van der Waals surface area (Å²) >= 11 is 0. The standard InChI is InChI=1S/C20H26N2O3/c1-24-18-8-9-20(25-14-17-6-2-3-10-22-17)16(11-18)13-21-12-15-5-4-7-19(15)23/h2-3,6,8-11,15,19,21,23H,4-5,7,12-14H2,1H3. The molecule has 0 amide bonds. The Bertz CT molecular complexity index is 663. The smallest absolute Gasteiger partial charge is 0.130 e. The first-order valence-corrected chi connectivity index (χ1v) is 8.84. The molecule has 0 spiro atoms. The first-order valence-electron chi connectivity index (χ1n) is 8.84. The molecule has 1 fully saturated rings. The number of nitrogens with zero attached hydrogens (tertiary/aromatic N) is 1. The molecule has 0 radical (unpaired) electrons. The minimum Gasteiger partial charge on any atom is -0.497 e. The summed E-state index contributed by atoms with van der Waals surface area (Å²) in [5, 5.41) is 13.4. The molecule has 2 N–H and O–H groups in total. The monoisotopic (exact) mass is 342 g/mol. The Balaban J connectivity index is 1.61. The van der Waals surface area contributed by atoms with Crippen LogP contribution in [0.3, 0.4) is 0 Å². The molecule has 25 heavy (non-hydrogen) atoms. The second-order valence-corrected chi connectivity index (χ2v) is 6.47. The summed E-state index contributed by atoms with van der Waals surface area (Å²) in [6.45, 7) is 1.93. The van der Waals surface area contributed by atoms with E-state index in [4.69, 9.17) is 9.47 Å². The number of benzene rings is 1. The number of hydrogen-bond donors (Lipinski definition) is 2. The molecule has 5 nitrogen and oxygen atoms in total.